The molecule has 0 saturated heterocycles. The van der Waals surface area contributed by atoms with Crippen LogP contribution in [-0.2, 0) is 0 Å². The van der Waals surface area contributed by atoms with Crippen LogP contribution in [-0.4, -0.2) is 10.9 Å². The second-order valence-corrected chi connectivity index (χ2v) is 5.52. The van der Waals surface area contributed by atoms with Crippen molar-refractivity contribution < 1.29 is 13.6 Å². The molecule has 1 amide bonds. The average molecular weight is 339 g/mol. The van der Waals surface area contributed by atoms with Crippen molar-refractivity contribution in [2.24, 2.45) is 0 Å². The summed E-state index contributed by atoms with van der Waals surface area (Å²) >= 11 is 6.26. The fraction of sp³-hybridized carbons (Fsp3) is 0. The summed E-state index contributed by atoms with van der Waals surface area (Å²) in [7, 11) is 0. The van der Waals surface area contributed by atoms with Crippen LogP contribution in [0.5, 0.6) is 0 Å². The van der Waals surface area contributed by atoms with Crippen molar-refractivity contribution in [3.05, 3.63) is 71.6 Å². The Morgan fingerprint density at radius 1 is 1.08 bits per heavy atom. The number of aromatic nitrogens is 1. The number of furan rings is 1. The highest BCUT2D eigenvalue weighted by Gasteiger charge is 2.14. The van der Waals surface area contributed by atoms with Crippen LogP contribution in [0.1, 0.15) is 10.6 Å². The molecule has 0 aliphatic rings. The van der Waals surface area contributed by atoms with Crippen LogP contribution in [0.2, 0.25) is 5.02 Å². The van der Waals surface area contributed by atoms with Crippen LogP contribution in [0.3, 0.4) is 0 Å². The van der Waals surface area contributed by atoms with Crippen LogP contribution in [0, 0.1) is 0 Å². The van der Waals surface area contributed by atoms with Gasteiger partial charge in [0.2, 0.25) is 5.89 Å². The zero-order valence-corrected chi connectivity index (χ0v) is 13.1. The molecule has 4 rings (SSSR count). The standard InChI is InChI=1S/C18H11ClN2O3/c19-13-8-7-11(20-17(22)16-6-3-9-23-16)10-12(13)18-21-14-4-1-2-5-15(14)24-18/h1-10H,(H,20,22). The lowest BCUT2D eigenvalue weighted by Crippen LogP contribution is -2.10. The Hall–Kier alpha value is -3.05. The predicted octanol–water partition coefficient (Wildman–Crippen LogP) is 4.99. The van der Waals surface area contributed by atoms with Gasteiger partial charge in [-0.3, -0.25) is 4.79 Å². The monoisotopic (exact) mass is 338 g/mol. The maximum Gasteiger partial charge on any atom is 0.291 e. The number of rotatable bonds is 3. The van der Waals surface area contributed by atoms with Gasteiger partial charge in [0.15, 0.2) is 11.3 Å². The lowest BCUT2D eigenvalue weighted by atomic mass is 10.2. The van der Waals surface area contributed by atoms with Crippen molar-refractivity contribution in [1.82, 2.24) is 4.98 Å². The quantitative estimate of drug-likeness (QED) is 0.571. The number of para-hydroxylation sites is 2. The third kappa shape index (κ3) is 2.66. The molecule has 0 saturated carbocycles. The van der Waals surface area contributed by atoms with Gasteiger partial charge in [0.1, 0.15) is 5.52 Å². The molecule has 6 heteroatoms. The fourth-order valence-corrected chi connectivity index (χ4v) is 2.55. The molecule has 2 aromatic carbocycles. The van der Waals surface area contributed by atoms with Crippen LogP contribution in [0.25, 0.3) is 22.6 Å². The number of amides is 1. The van der Waals surface area contributed by atoms with E-state index in [1.54, 1.807) is 30.3 Å². The minimum Gasteiger partial charge on any atom is -0.459 e. The van der Waals surface area contributed by atoms with Crippen molar-refractivity contribution in [2.75, 3.05) is 5.32 Å². The summed E-state index contributed by atoms with van der Waals surface area (Å²) in [5.74, 6) is 0.287. The molecule has 0 atom stereocenters. The Bertz CT molecular complexity index is 989. The summed E-state index contributed by atoms with van der Waals surface area (Å²) in [5, 5.41) is 3.24. The van der Waals surface area contributed by atoms with Crippen molar-refractivity contribution in [3.63, 3.8) is 0 Å². The van der Waals surface area contributed by atoms with E-state index in [1.165, 1.54) is 6.26 Å². The molecular weight excluding hydrogens is 328 g/mol. The SMILES string of the molecule is O=C(Nc1ccc(Cl)c(-c2nc3ccccc3o2)c1)c1ccco1. The lowest BCUT2D eigenvalue weighted by Gasteiger charge is -2.06. The summed E-state index contributed by atoms with van der Waals surface area (Å²) in [5.41, 5.74) is 2.59. The number of nitrogens with one attached hydrogen (secondary N) is 1. The molecule has 0 spiro atoms. The second kappa shape index (κ2) is 5.86. The minimum absolute atomic E-state index is 0.230. The van der Waals surface area contributed by atoms with Gasteiger partial charge in [0.25, 0.3) is 5.91 Å². The number of carbonyl (C=O) groups is 1. The number of benzene rings is 2. The smallest absolute Gasteiger partial charge is 0.291 e. The van der Waals surface area contributed by atoms with Crippen molar-refractivity contribution in [3.8, 4) is 11.5 Å². The highest BCUT2D eigenvalue weighted by Crippen LogP contribution is 2.32. The van der Waals surface area contributed by atoms with E-state index in [-0.39, 0.29) is 11.7 Å². The first-order valence-electron chi connectivity index (χ1n) is 7.21. The normalized spacial score (nSPS) is 10.9. The molecule has 0 radical (unpaired) electrons. The molecule has 0 aliphatic heterocycles. The number of nitrogens with zero attached hydrogens (tertiary/aromatic N) is 1. The number of hydrogen-bond donors (Lipinski definition) is 1. The van der Waals surface area contributed by atoms with Gasteiger partial charge in [0, 0.05) is 5.69 Å². The zero-order valence-electron chi connectivity index (χ0n) is 12.3. The molecule has 2 heterocycles. The maximum atomic E-state index is 12.1. The number of carbonyl (C=O) groups excluding carboxylic acids is 1. The Balaban J connectivity index is 1.69. The Morgan fingerprint density at radius 2 is 1.96 bits per heavy atom. The van der Waals surface area contributed by atoms with Gasteiger partial charge in [0.05, 0.1) is 16.8 Å². The van der Waals surface area contributed by atoms with E-state index < -0.39 is 0 Å². The molecule has 118 valence electrons. The number of halogens is 1. The van der Waals surface area contributed by atoms with Gasteiger partial charge in [-0.25, -0.2) is 4.98 Å². The van der Waals surface area contributed by atoms with Gasteiger partial charge in [-0.05, 0) is 42.5 Å². The Labute approximate surface area is 141 Å². The largest absolute Gasteiger partial charge is 0.459 e. The molecule has 0 bridgehead atoms. The molecule has 5 nitrogen and oxygen atoms in total. The van der Waals surface area contributed by atoms with E-state index in [2.05, 4.69) is 10.3 Å². The van der Waals surface area contributed by atoms with Crippen LogP contribution in [0.4, 0.5) is 5.69 Å². The Morgan fingerprint density at radius 3 is 2.75 bits per heavy atom. The van der Waals surface area contributed by atoms with E-state index in [0.717, 1.165) is 5.52 Å². The highest BCUT2D eigenvalue weighted by molar-refractivity contribution is 6.33. The first-order valence-corrected chi connectivity index (χ1v) is 7.59. The van der Waals surface area contributed by atoms with Crippen LogP contribution >= 0.6 is 11.6 Å². The van der Waals surface area contributed by atoms with Crippen LogP contribution < -0.4 is 5.32 Å². The number of oxazole rings is 1. The Kier molecular flexibility index (Phi) is 3.55. The van der Waals surface area contributed by atoms with Crippen molar-refractivity contribution >= 4 is 34.3 Å². The summed E-state index contributed by atoms with van der Waals surface area (Å²) in [6, 6.07) is 15.8. The fourth-order valence-electron chi connectivity index (χ4n) is 2.35. The van der Waals surface area contributed by atoms with Gasteiger partial charge in [-0.15, -0.1) is 0 Å². The molecule has 0 unspecified atom stereocenters. The third-order valence-corrected chi connectivity index (χ3v) is 3.82. The number of anilines is 1. The summed E-state index contributed by atoms with van der Waals surface area (Å²) in [4.78, 5) is 16.5. The molecule has 24 heavy (non-hydrogen) atoms. The lowest BCUT2D eigenvalue weighted by molar-refractivity contribution is 0.0996. The molecule has 1 N–H and O–H groups in total. The maximum absolute atomic E-state index is 12.1. The average Bonchev–Trinajstić information content (AvgIpc) is 3.25. The predicted molar refractivity (Wildman–Crippen MR) is 91.1 cm³/mol. The number of hydrogen-bond acceptors (Lipinski definition) is 4. The topological polar surface area (TPSA) is 68.3 Å². The van der Waals surface area contributed by atoms with Gasteiger partial charge in [-0.1, -0.05) is 23.7 Å². The van der Waals surface area contributed by atoms with Crippen molar-refractivity contribution in [1.29, 1.82) is 0 Å². The van der Waals surface area contributed by atoms with E-state index in [9.17, 15) is 4.79 Å². The number of fused-ring (bicyclic) bond motifs is 1. The summed E-state index contributed by atoms with van der Waals surface area (Å²) in [6.07, 6.45) is 1.44. The van der Waals surface area contributed by atoms with Gasteiger partial charge < -0.3 is 14.2 Å². The molecule has 2 aromatic heterocycles. The van der Waals surface area contributed by atoms with E-state index >= 15 is 0 Å². The molecule has 0 fully saturated rings. The van der Waals surface area contributed by atoms with Gasteiger partial charge >= 0.3 is 0 Å². The van der Waals surface area contributed by atoms with E-state index in [4.69, 9.17) is 20.4 Å². The minimum atomic E-state index is -0.342. The van der Waals surface area contributed by atoms with Gasteiger partial charge in [-0.2, -0.15) is 0 Å². The van der Waals surface area contributed by atoms with Crippen LogP contribution in [0.15, 0.2) is 69.7 Å². The molecular formula is C18H11ClN2O3. The first-order chi connectivity index (χ1) is 11.7. The van der Waals surface area contributed by atoms with E-state index in [0.29, 0.717) is 27.7 Å². The summed E-state index contributed by atoms with van der Waals surface area (Å²) < 4.78 is 10.8. The van der Waals surface area contributed by atoms with E-state index in [1.807, 2.05) is 24.3 Å². The molecule has 4 aromatic rings. The first kappa shape index (κ1) is 14.5. The third-order valence-electron chi connectivity index (χ3n) is 3.49. The summed E-state index contributed by atoms with van der Waals surface area (Å²) in [6.45, 7) is 0. The zero-order chi connectivity index (χ0) is 16.5. The second-order valence-electron chi connectivity index (χ2n) is 5.11. The molecule has 0 aliphatic carbocycles. The highest BCUT2D eigenvalue weighted by atomic mass is 35.5. The van der Waals surface area contributed by atoms with Crippen molar-refractivity contribution in [2.45, 2.75) is 0 Å².